The van der Waals surface area contributed by atoms with E-state index >= 15 is 0 Å². The molecular weight excluding hydrogens is 715 g/mol. The van der Waals surface area contributed by atoms with Crippen LogP contribution in [-0.4, -0.2) is 15.9 Å². The van der Waals surface area contributed by atoms with Gasteiger partial charge in [-0.25, -0.2) is 0 Å². The summed E-state index contributed by atoms with van der Waals surface area (Å²) in [5.41, 5.74) is 4.79. The third-order valence-corrected chi connectivity index (χ3v) is 9.51. The molecule has 0 unspecified atom stereocenters. The van der Waals surface area contributed by atoms with E-state index in [0.717, 1.165) is 36.9 Å². The average Bonchev–Trinajstić information content (AvgIpc) is 3.37. The van der Waals surface area contributed by atoms with Crippen molar-refractivity contribution in [2.24, 2.45) is 11.8 Å². The zero-order chi connectivity index (χ0) is 29.7. The van der Waals surface area contributed by atoms with E-state index in [9.17, 15) is 9.90 Å². The molecule has 0 amide bonds. The number of pyridine rings is 1. The van der Waals surface area contributed by atoms with Crippen LogP contribution in [0.3, 0.4) is 0 Å². The van der Waals surface area contributed by atoms with E-state index in [2.05, 4.69) is 75.4 Å². The van der Waals surface area contributed by atoms with Crippen LogP contribution in [0.1, 0.15) is 69.4 Å². The zero-order valence-electron chi connectivity index (χ0n) is 25.8. The number of aliphatic hydroxyl groups is 1. The van der Waals surface area contributed by atoms with E-state index in [1.54, 1.807) is 11.3 Å². The van der Waals surface area contributed by atoms with Crippen molar-refractivity contribution in [3.63, 3.8) is 0 Å². The molecule has 2 heterocycles. The number of aromatic nitrogens is 1. The van der Waals surface area contributed by atoms with Crippen LogP contribution >= 0.6 is 11.3 Å². The van der Waals surface area contributed by atoms with E-state index in [-0.39, 0.29) is 43.5 Å². The number of fused-ring (bicyclic) bond motifs is 4. The second-order valence-corrected chi connectivity index (χ2v) is 12.2. The second-order valence-electron chi connectivity index (χ2n) is 10.9. The number of thiophene rings is 1. The molecule has 0 aliphatic heterocycles. The molecule has 223 valence electrons. The summed E-state index contributed by atoms with van der Waals surface area (Å²) in [4.78, 5) is 17.7. The minimum absolute atomic E-state index is 0. The standard InChI is InChI=1S/C24H18NS.C13H24O2.Ir/c1-14-12-18-10-11-25-23(24(18)26-14)17-8-9-21-20-7-5-4-6-19(20)15(2)16(3)22(21)13-17;1-5-10(6-2)12(14)9-13(15)11(7-3)8-4;/h4-7,9-13H,1-3H3;9-11,14H,5-8H2,1-4H3;/q-1;;/b;12-9-;. The molecule has 0 saturated heterocycles. The Morgan fingerprint density at radius 2 is 1.50 bits per heavy atom. The molecule has 0 aliphatic rings. The molecule has 0 bridgehead atoms. The largest absolute Gasteiger partial charge is 0.512 e. The van der Waals surface area contributed by atoms with Crippen molar-refractivity contribution in [2.45, 2.75) is 74.1 Å². The minimum atomic E-state index is 0. The zero-order valence-corrected chi connectivity index (χ0v) is 29.0. The van der Waals surface area contributed by atoms with Crippen molar-refractivity contribution in [3.8, 4) is 11.3 Å². The molecule has 5 rings (SSSR count). The Bertz CT molecular complexity index is 1710. The predicted octanol–water partition coefficient (Wildman–Crippen LogP) is 10.9. The molecule has 0 saturated carbocycles. The van der Waals surface area contributed by atoms with E-state index in [4.69, 9.17) is 4.98 Å². The molecule has 0 atom stereocenters. The molecule has 5 aromatic rings. The van der Waals surface area contributed by atoms with Crippen LogP contribution in [0.5, 0.6) is 0 Å². The summed E-state index contributed by atoms with van der Waals surface area (Å²) in [6.07, 6.45) is 6.81. The number of nitrogens with zero attached hydrogens (tertiary/aromatic N) is 1. The number of carbonyl (C=O) groups excluding carboxylic acids is 1. The second kappa shape index (κ2) is 15.0. The van der Waals surface area contributed by atoms with E-state index in [0.29, 0.717) is 0 Å². The first-order valence-corrected chi connectivity index (χ1v) is 15.7. The van der Waals surface area contributed by atoms with Gasteiger partial charge in [-0.15, -0.1) is 35.1 Å². The van der Waals surface area contributed by atoms with Crippen LogP contribution in [0.2, 0.25) is 0 Å². The summed E-state index contributed by atoms with van der Waals surface area (Å²) in [6.45, 7) is 14.7. The first-order chi connectivity index (χ1) is 19.7. The van der Waals surface area contributed by atoms with Crippen LogP contribution < -0.4 is 0 Å². The van der Waals surface area contributed by atoms with E-state index < -0.39 is 0 Å². The summed E-state index contributed by atoms with van der Waals surface area (Å²) >= 11 is 1.81. The number of carbonyl (C=O) groups is 1. The Hall–Kier alpha value is -2.85. The number of hydrogen-bond donors (Lipinski definition) is 1. The molecule has 0 aliphatic carbocycles. The first-order valence-electron chi connectivity index (χ1n) is 14.9. The molecule has 1 radical (unpaired) electrons. The summed E-state index contributed by atoms with van der Waals surface area (Å²) in [7, 11) is 0. The van der Waals surface area contributed by atoms with Gasteiger partial charge in [0.25, 0.3) is 0 Å². The molecule has 1 N–H and O–H groups in total. The summed E-state index contributed by atoms with van der Waals surface area (Å²) in [5, 5.41) is 16.2. The normalized spacial score (nSPS) is 11.7. The summed E-state index contributed by atoms with van der Waals surface area (Å²) < 4.78 is 1.25. The van der Waals surface area contributed by atoms with Gasteiger partial charge in [-0.05, 0) is 74.9 Å². The minimum Gasteiger partial charge on any atom is -0.512 e. The Morgan fingerprint density at radius 3 is 2.14 bits per heavy atom. The molecule has 3 nitrogen and oxygen atoms in total. The molecular formula is C37H42IrNO2S-. The Kier molecular flexibility index (Phi) is 12.1. The monoisotopic (exact) mass is 757 g/mol. The van der Waals surface area contributed by atoms with Crippen LogP contribution in [0, 0.1) is 38.7 Å². The molecule has 0 spiro atoms. The molecule has 0 fully saturated rings. The van der Waals surface area contributed by atoms with E-state index in [1.165, 1.54) is 53.7 Å². The number of rotatable bonds is 8. The van der Waals surface area contributed by atoms with Gasteiger partial charge in [-0.2, -0.15) is 0 Å². The van der Waals surface area contributed by atoms with Gasteiger partial charge in [0.05, 0.1) is 5.76 Å². The predicted molar refractivity (Wildman–Crippen MR) is 177 cm³/mol. The number of aryl methyl sites for hydroxylation is 3. The number of ketones is 1. The first kappa shape index (κ1) is 33.6. The SMILES string of the molecule is CCC(CC)C(=O)/C=C(\O)C(CC)CC.Cc1cc2ccnc(-c3[c-]cc4c(c3)c(C)c(C)c3ccccc34)c2s1.[Ir]. The topological polar surface area (TPSA) is 50.2 Å². The average molecular weight is 757 g/mol. The fourth-order valence-electron chi connectivity index (χ4n) is 5.68. The fourth-order valence-corrected chi connectivity index (χ4v) is 6.69. The van der Waals surface area contributed by atoms with Crippen LogP contribution in [0.15, 0.2) is 66.6 Å². The Balaban J connectivity index is 0.000000263. The van der Waals surface area contributed by atoms with Crippen LogP contribution in [0.4, 0.5) is 0 Å². The van der Waals surface area contributed by atoms with Gasteiger partial charge in [0.15, 0.2) is 5.78 Å². The van der Waals surface area contributed by atoms with Crippen LogP contribution in [-0.2, 0) is 24.9 Å². The van der Waals surface area contributed by atoms with Crippen molar-refractivity contribution < 1.29 is 30.0 Å². The van der Waals surface area contributed by atoms with Crippen molar-refractivity contribution >= 4 is 48.8 Å². The van der Waals surface area contributed by atoms with E-state index in [1.807, 2.05) is 33.9 Å². The van der Waals surface area contributed by atoms with Gasteiger partial charge in [0, 0.05) is 59.5 Å². The molecule has 5 heteroatoms. The van der Waals surface area contributed by atoms with Crippen molar-refractivity contribution in [1.29, 1.82) is 0 Å². The number of allylic oxidation sites excluding steroid dienone is 2. The van der Waals surface area contributed by atoms with Gasteiger partial charge in [-0.1, -0.05) is 73.7 Å². The fraction of sp³-hybridized carbons (Fsp3) is 0.351. The van der Waals surface area contributed by atoms with Gasteiger partial charge in [-0.3, -0.25) is 4.79 Å². The van der Waals surface area contributed by atoms with Crippen molar-refractivity contribution in [1.82, 2.24) is 4.98 Å². The molecule has 2 aromatic heterocycles. The maximum atomic E-state index is 11.7. The molecule has 42 heavy (non-hydrogen) atoms. The van der Waals surface area contributed by atoms with Gasteiger partial charge in [0.1, 0.15) is 0 Å². The van der Waals surface area contributed by atoms with Crippen molar-refractivity contribution in [3.05, 3.63) is 88.6 Å². The maximum Gasteiger partial charge on any atom is 0.162 e. The third-order valence-electron chi connectivity index (χ3n) is 8.43. The summed E-state index contributed by atoms with van der Waals surface area (Å²) in [5.74, 6) is 0.547. The Labute approximate surface area is 268 Å². The van der Waals surface area contributed by atoms with Crippen molar-refractivity contribution in [2.75, 3.05) is 0 Å². The Morgan fingerprint density at radius 1 is 0.881 bits per heavy atom. The number of hydrogen-bond acceptors (Lipinski definition) is 4. The third kappa shape index (κ3) is 7.02. The smallest absolute Gasteiger partial charge is 0.162 e. The number of aliphatic hydroxyl groups excluding tert-OH is 1. The molecule has 3 aromatic carbocycles. The van der Waals surface area contributed by atoms with Crippen LogP contribution in [0.25, 0.3) is 42.9 Å². The number of benzene rings is 3. The van der Waals surface area contributed by atoms with Gasteiger partial charge < -0.3 is 10.1 Å². The van der Waals surface area contributed by atoms with Gasteiger partial charge >= 0.3 is 0 Å². The quantitative estimate of drug-likeness (QED) is 0.0742. The maximum absolute atomic E-state index is 11.7. The summed E-state index contributed by atoms with van der Waals surface area (Å²) in [6, 6.07) is 20.9. The van der Waals surface area contributed by atoms with Gasteiger partial charge in [0.2, 0.25) is 0 Å².